The van der Waals surface area contributed by atoms with Crippen LogP contribution in [0, 0.1) is 6.92 Å². The Morgan fingerprint density at radius 3 is 2.83 bits per heavy atom. The van der Waals surface area contributed by atoms with Crippen molar-refractivity contribution in [3.63, 3.8) is 0 Å². The minimum absolute atomic E-state index is 0.568. The van der Waals surface area contributed by atoms with E-state index in [1.807, 2.05) is 29.6 Å². The summed E-state index contributed by atoms with van der Waals surface area (Å²) < 4.78 is 7.09. The minimum Gasteiger partial charge on any atom is -0.489 e. The van der Waals surface area contributed by atoms with Gasteiger partial charge in [0.15, 0.2) is 5.13 Å². The van der Waals surface area contributed by atoms with Crippen LogP contribution in [0.25, 0.3) is 0 Å². The number of aromatic nitrogens is 1. The number of benzene rings is 2. The lowest BCUT2D eigenvalue weighted by Crippen LogP contribution is -2.04. The number of aryl methyl sites for hydroxylation is 1. The van der Waals surface area contributed by atoms with Crippen molar-refractivity contribution < 1.29 is 4.74 Å². The third kappa shape index (κ3) is 4.33. The molecule has 5 heteroatoms. The molecule has 3 rings (SSSR count). The first-order chi connectivity index (χ1) is 11.2. The van der Waals surface area contributed by atoms with Gasteiger partial charge in [-0.25, -0.2) is 4.98 Å². The van der Waals surface area contributed by atoms with Gasteiger partial charge < -0.3 is 10.1 Å². The fourth-order valence-electron chi connectivity index (χ4n) is 2.24. The summed E-state index contributed by atoms with van der Waals surface area (Å²) >= 11 is 5.12. The first-order valence-corrected chi connectivity index (χ1v) is 8.99. The van der Waals surface area contributed by atoms with Crippen molar-refractivity contribution in [1.82, 2.24) is 4.98 Å². The third-order valence-electron chi connectivity index (χ3n) is 3.53. The number of halogens is 1. The van der Waals surface area contributed by atoms with E-state index in [0.717, 1.165) is 20.9 Å². The summed E-state index contributed by atoms with van der Waals surface area (Å²) in [7, 11) is 0. The lowest BCUT2D eigenvalue weighted by molar-refractivity contribution is 0.302. The average molecular weight is 389 g/mol. The molecule has 0 saturated carbocycles. The molecule has 1 N–H and O–H groups in total. The molecule has 0 saturated heterocycles. The van der Waals surface area contributed by atoms with E-state index in [9.17, 15) is 0 Å². The van der Waals surface area contributed by atoms with Crippen molar-refractivity contribution in [1.29, 1.82) is 0 Å². The standard InChI is InChI=1S/C18H17BrN2OS/c1-13-4-2-3-5-14(13)12-22-17-7-6-16(19)10-15(17)11-21-18-20-8-9-23-18/h2-10H,11-12H2,1H3,(H,20,21). The highest BCUT2D eigenvalue weighted by molar-refractivity contribution is 9.10. The smallest absolute Gasteiger partial charge is 0.182 e. The second kappa shape index (κ2) is 7.62. The van der Waals surface area contributed by atoms with E-state index in [0.29, 0.717) is 13.2 Å². The highest BCUT2D eigenvalue weighted by atomic mass is 79.9. The van der Waals surface area contributed by atoms with Gasteiger partial charge in [-0.05, 0) is 36.2 Å². The molecule has 0 aliphatic rings. The van der Waals surface area contributed by atoms with Crippen LogP contribution in [-0.4, -0.2) is 4.98 Å². The second-order valence-corrected chi connectivity index (χ2v) is 6.97. The molecule has 1 heterocycles. The van der Waals surface area contributed by atoms with Crippen LogP contribution in [0.4, 0.5) is 5.13 Å². The maximum absolute atomic E-state index is 6.05. The third-order valence-corrected chi connectivity index (χ3v) is 4.75. The van der Waals surface area contributed by atoms with E-state index in [-0.39, 0.29) is 0 Å². The predicted molar refractivity (Wildman–Crippen MR) is 99.1 cm³/mol. The minimum atomic E-state index is 0.568. The lowest BCUT2D eigenvalue weighted by atomic mass is 10.1. The summed E-state index contributed by atoms with van der Waals surface area (Å²) in [6, 6.07) is 14.4. The Bertz CT molecular complexity index is 774. The SMILES string of the molecule is Cc1ccccc1COc1ccc(Br)cc1CNc1nccs1. The molecule has 0 unspecified atom stereocenters. The maximum Gasteiger partial charge on any atom is 0.182 e. The zero-order chi connectivity index (χ0) is 16.1. The molecule has 23 heavy (non-hydrogen) atoms. The van der Waals surface area contributed by atoms with E-state index in [4.69, 9.17) is 4.74 Å². The normalized spacial score (nSPS) is 10.5. The van der Waals surface area contributed by atoms with Crippen molar-refractivity contribution in [2.75, 3.05) is 5.32 Å². The Hall–Kier alpha value is -1.85. The van der Waals surface area contributed by atoms with Crippen LogP contribution in [0.2, 0.25) is 0 Å². The van der Waals surface area contributed by atoms with Crippen molar-refractivity contribution in [2.24, 2.45) is 0 Å². The number of anilines is 1. The number of ether oxygens (including phenoxy) is 1. The van der Waals surface area contributed by atoms with Gasteiger partial charge in [-0.2, -0.15) is 0 Å². The van der Waals surface area contributed by atoms with Gasteiger partial charge in [-0.15, -0.1) is 11.3 Å². The Balaban J connectivity index is 1.72. The van der Waals surface area contributed by atoms with Gasteiger partial charge in [-0.3, -0.25) is 0 Å². The van der Waals surface area contributed by atoms with Gasteiger partial charge in [-0.1, -0.05) is 40.2 Å². The van der Waals surface area contributed by atoms with E-state index >= 15 is 0 Å². The molecule has 0 aliphatic carbocycles. The maximum atomic E-state index is 6.05. The van der Waals surface area contributed by atoms with Crippen molar-refractivity contribution in [2.45, 2.75) is 20.1 Å². The van der Waals surface area contributed by atoms with E-state index in [1.165, 1.54) is 11.1 Å². The van der Waals surface area contributed by atoms with Gasteiger partial charge in [0.05, 0.1) is 0 Å². The molecule has 118 valence electrons. The molecule has 0 bridgehead atoms. The molecule has 2 aromatic carbocycles. The van der Waals surface area contributed by atoms with E-state index in [1.54, 1.807) is 17.5 Å². The fourth-order valence-corrected chi connectivity index (χ4v) is 3.17. The van der Waals surface area contributed by atoms with Gasteiger partial charge >= 0.3 is 0 Å². The Labute approximate surface area is 148 Å². The van der Waals surface area contributed by atoms with Crippen LogP contribution in [0.1, 0.15) is 16.7 Å². The summed E-state index contributed by atoms with van der Waals surface area (Å²) in [5.41, 5.74) is 3.55. The summed E-state index contributed by atoms with van der Waals surface area (Å²) in [5, 5.41) is 6.19. The molecule has 0 aliphatic heterocycles. The predicted octanol–water partition coefficient (Wildman–Crippen LogP) is 5.41. The zero-order valence-electron chi connectivity index (χ0n) is 12.8. The fraction of sp³-hybridized carbons (Fsp3) is 0.167. The molecule has 0 fully saturated rings. The van der Waals surface area contributed by atoms with Crippen LogP contribution in [0.5, 0.6) is 5.75 Å². The summed E-state index contributed by atoms with van der Waals surface area (Å²) in [5.74, 6) is 0.889. The topological polar surface area (TPSA) is 34.1 Å². The van der Waals surface area contributed by atoms with Gasteiger partial charge in [0.25, 0.3) is 0 Å². The van der Waals surface area contributed by atoms with Crippen molar-refractivity contribution in [3.05, 3.63) is 75.2 Å². The number of hydrogen-bond donors (Lipinski definition) is 1. The largest absolute Gasteiger partial charge is 0.489 e. The summed E-state index contributed by atoms with van der Waals surface area (Å²) in [6.45, 7) is 3.35. The number of nitrogens with zero attached hydrogens (tertiary/aromatic N) is 1. The zero-order valence-corrected chi connectivity index (χ0v) is 15.2. The lowest BCUT2D eigenvalue weighted by Gasteiger charge is -2.13. The molecular weight excluding hydrogens is 372 g/mol. The quantitative estimate of drug-likeness (QED) is 0.613. The molecule has 0 spiro atoms. The first-order valence-electron chi connectivity index (χ1n) is 7.31. The van der Waals surface area contributed by atoms with Crippen LogP contribution >= 0.6 is 27.3 Å². The number of thiazole rings is 1. The summed E-state index contributed by atoms with van der Waals surface area (Å²) in [4.78, 5) is 4.24. The Kier molecular flexibility index (Phi) is 5.31. The average Bonchev–Trinajstić information content (AvgIpc) is 3.07. The molecule has 0 amide bonds. The van der Waals surface area contributed by atoms with Crippen molar-refractivity contribution >= 4 is 32.4 Å². The second-order valence-electron chi connectivity index (χ2n) is 5.16. The van der Waals surface area contributed by atoms with Crippen molar-refractivity contribution in [3.8, 4) is 5.75 Å². The highest BCUT2D eigenvalue weighted by Gasteiger charge is 2.07. The van der Waals surface area contributed by atoms with Crippen LogP contribution in [-0.2, 0) is 13.2 Å². The molecule has 1 aromatic heterocycles. The van der Waals surface area contributed by atoms with E-state index in [2.05, 4.69) is 51.4 Å². The number of hydrogen-bond acceptors (Lipinski definition) is 4. The van der Waals surface area contributed by atoms with Crippen LogP contribution in [0.3, 0.4) is 0 Å². The van der Waals surface area contributed by atoms with Crippen LogP contribution in [0.15, 0.2) is 58.5 Å². The number of rotatable bonds is 6. The van der Waals surface area contributed by atoms with Gasteiger partial charge in [0, 0.05) is 28.2 Å². The van der Waals surface area contributed by atoms with Gasteiger partial charge in [0.2, 0.25) is 0 Å². The molecule has 0 atom stereocenters. The number of nitrogens with one attached hydrogen (secondary N) is 1. The monoisotopic (exact) mass is 388 g/mol. The Morgan fingerprint density at radius 1 is 1.17 bits per heavy atom. The van der Waals surface area contributed by atoms with Crippen LogP contribution < -0.4 is 10.1 Å². The molecule has 3 aromatic rings. The first kappa shape index (κ1) is 16.0. The highest BCUT2D eigenvalue weighted by Crippen LogP contribution is 2.26. The van der Waals surface area contributed by atoms with Gasteiger partial charge in [0.1, 0.15) is 12.4 Å². The molecule has 0 radical (unpaired) electrons. The molecular formula is C18H17BrN2OS. The molecule has 3 nitrogen and oxygen atoms in total. The van der Waals surface area contributed by atoms with E-state index < -0.39 is 0 Å². The summed E-state index contributed by atoms with van der Waals surface area (Å²) in [6.07, 6.45) is 1.80. The Morgan fingerprint density at radius 2 is 2.04 bits per heavy atom.